The Morgan fingerprint density at radius 1 is 1.22 bits per heavy atom. The molecule has 0 N–H and O–H groups in total. The molecule has 0 fully saturated rings. The Balaban J connectivity index is 2.11. The van der Waals surface area contributed by atoms with Crippen LogP contribution in [0.5, 0.6) is 0 Å². The highest BCUT2D eigenvalue weighted by molar-refractivity contribution is 5.94. The van der Waals surface area contributed by atoms with Gasteiger partial charge in [0.2, 0.25) is 0 Å². The summed E-state index contributed by atoms with van der Waals surface area (Å²) < 4.78 is 14.9. The molecule has 2 aromatic rings. The van der Waals surface area contributed by atoms with Crippen LogP contribution in [-0.4, -0.2) is 24.0 Å². The van der Waals surface area contributed by atoms with E-state index in [1.165, 1.54) is 37.4 Å². The van der Waals surface area contributed by atoms with Gasteiger partial charge < -0.3 is 13.9 Å². The SMILES string of the molecule is COC(=O)c1cc(COC(=O)c2ccccc2[N+](=O)[O-])oc1C. The van der Waals surface area contributed by atoms with Crippen molar-refractivity contribution in [2.24, 2.45) is 0 Å². The topological polar surface area (TPSA) is 109 Å². The summed E-state index contributed by atoms with van der Waals surface area (Å²) in [5.74, 6) is -0.864. The van der Waals surface area contributed by atoms with E-state index in [9.17, 15) is 19.7 Å². The maximum Gasteiger partial charge on any atom is 0.345 e. The molecule has 2 rings (SSSR count). The highest BCUT2D eigenvalue weighted by Crippen LogP contribution is 2.20. The van der Waals surface area contributed by atoms with Gasteiger partial charge in [-0.1, -0.05) is 12.1 Å². The molecule has 8 nitrogen and oxygen atoms in total. The lowest BCUT2D eigenvalue weighted by atomic mass is 10.2. The molecule has 23 heavy (non-hydrogen) atoms. The molecule has 0 amide bonds. The van der Waals surface area contributed by atoms with Gasteiger partial charge in [0, 0.05) is 6.07 Å². The number of methoxy groups -OCH3 is 1. The molecule has 0 saturated carbocycles. The van der Waals surface area contributed by atoms with E-state index < -0.39 is 16.9 Å². The average Bonchev–Trinajstić information content (AvgIpc) is 2.92. The Morgan fingerprint density at radius 2 is 1.91 bits per heavy atom. The summed E-state index contributed by atoms with van der Waals surface area (Å²) >= 11 is 0. The third kappa shape index (κ3) is 3.54. The number of hydrogen-bond donors (Lipinski definition) is 0. The van der Waals surface area contributed by atoms with Crippen LogP contribution in [0.3, 0.4) is 0 Å². The van der Waals surface area contributed by atoms with Gasteiger partial charge in [0.15, 0.2) is 0 Å². The first-order chi connectivity index (χ1) is 10.9. The Kier molecular flexibility index (Phi) is 4.75. The largest absolute Gasteiger partial charge is 0.465 e. The van der Waals surface area contributed by atoms with Crippen molar-refractivity contribution in [3.8, 4) is 0 Å². The summed E-state index contributed by atoms with van der Waals surface area (Å²) in [6, 6.07) is 6.86. The fraction of sp³-hybridized carbons (Fsp3) is 0.200. The number of carbonyl (C=O) groups excluding carboxylic acids is 2. The quantitative estimate of drug-likeness (QED) is 0.473. The van der Waals surface area contributed by atoms with Gasteiger partial charge in [-0.3, -0.25) is 10.1 Å². The zero-order chi connectivity index (χ0) is 17.0. The maximum atomic E-state index is 12.0. The van der Waals surface area contributed by atoms with Crippen molar-refractivity contribution >= 4 is 17.6 Å². The minimum Gasteiger partial charge on any atom is -0.465 e. The average molecular weight is 319 g/mol. The fourth-order valence-corrected chi connectivity index (χ4v) is 1.95. The number of carbonyl (C=O) groups is 2. The van der Waals surface area contributed by atoms with Crippen molar-refractivity contribution < 1.29 is 28.4 Å². The summed E-state index contributed by atoms with van der Waals surface area (Å²) in [4.78, 5) is 33.6. The van der Waals surface area contributed by atoms with E-state index in [1.54, 1.807) is 6.92 Å². The number of ether oxygens (including phenoxy) is 2. The van der Waals surface area contributed by atoms with E-state index in [0.29, 0.717) is 5.76 Å². The predicted octanol–water partition coefficient (Wildman–Crippen LogP) is 2.64. The van der Waals surface area contributed by atoms with E-state index in [1.807, 2.05) is 0 Å². The third-order valence-electron chi connectivity index (χ3n) is 3.04. The number of nitrogens with zero attached hydrogens (tertiary/aromatic N) is 1. The number of esters is 2. The lowest BCUT2D eigenvalue weighted by Gasteiger charge is -2.03. The molecule has 1 heterocycles. The first-order valence-electron chi connectivity index (χ1n) is 6.52. The normalized spacial score (nSPS) is 10.2. The second-order valence-corrected chi connectivity index (χ2v) is 4.52. The van der Waals surface area contributed by atoms with E-state index >= 15 is 0 Å². The molecule has 0 saturated heterocycles. The Hall–Kier alpha value is -3.16. The van der Waals surface area contributed by atoms with E-state index in [4.69, 9.17) is 9.15 Å². The molecule has 0 bridgehead atoms. The summed E-state index contributed by atoms with van der Waals surface area (Å²) in [7, 11) is 1.24. The van der Waals surface area contributed by atoms with E-state index in [-0.39, 0.29) is 29.2 Å². The van der Waals surface area contributed by atoms with Crippen LogP contribution in [-0.2, 0) is 16.1 Å². The second kappa shape index (κ2) is 6.73. The first-order valence-corrected chi connectivity index (χ1v) is 6.52. The molecule has 0 spiro atoms. The standard InChI is InChI=1S/C15H13NO7/c1-9-12(14(17)21-2)7-10(23-9)8-22-15(18)11-5-3-4-6-13(11)16(19)20/h3-7H,8H2,1-2H3. The number of furan rings is 1. The molecule has 1 aromatic heterocycles. The number of rotatable bonds is 5. The van der Waals surface area contributed by atoms with Gasteiger partial charge in [-0.15, -0.1) is 0 Å². The molecule has 120 valence electrons. The molecule has 1 aromatic carbocycles. The monoisotopic (exact) mass is 319 g/mol. The van der Waals surface area contributed by atoms with Crippen LogP contribution in [0, 0.1) is 17.0 Å². The van der Waals surface area contributed by atoms with Crippen molar-refractivity contribution in [1.29, 1.82) is 0 Å². The number of nitro benzene ring substituents is 1. The van der Waals surface area contributed by atoms with Gasteiger partial charge in [-0.05, 0) is 19.1 Å². The lowest BCUT2D eigenvalue weighted by Crippen LogP contribution is -2.08. The van der Waals surface area contributed by atoms with Crippen LogP contribution in [0.4, 0.5) is 5.69 Å². The zero-order valence-corrected chi connectivity index (χ0v) is 12.4. The van der Waals surface area contributed by atoms with E-state index in [2.05, 4.69) is 4.74 Å². The highest BCUT2D eigenvalue weighted by Gasteiger charge is 2.21. The smallest absolute Gasteiger partial charge is 0.345 e. The lowest BCUT2D eigenvalue weighted by molar-refractivity contribution is -0.385. The summed E-state index contributed by atoms with van der Waals surface area (Å²) in [6.45, 7) is 1.31. The fourth-order valence-electron chi connectivity index (χ4n) is 1.95. The van der Waals surface area contributed by atoms with Gasteiger partial charge in [-0.2, -0.15) is 0 Å². The van der Waals surface area contributed by atoms with Gasteiger partial charge >= 0.3 is 11.9 Å². The van der Waals surface area contributed by atoms with Crippen molar-refractivity contribution in [3.05, 3.63) is 63.1 Å². The molecular formula is C15H13NO7. The van der Waals surface area contributed by atoms with Crippen molar-refractivity contribution in [2.45, 2.75) is 13.5 Å². The molecule has 8 heteroatoms. The maximum absolute atomic E-state index is 12.0. The van der Waals surface area contributed by atoms with Crippen molar-refractivity contribution in [1.82, 2.24) is 0 Å². The minimum atomic E-state index is -0.856. The number of benzene rings is 1. The molecule has 0 aliphatic rings. The predicted molar refractivity (Wildman–Crippen MR) is 77.0 cm³/mol. The van der Waals surface area contributed by atoms with Crippen LogP contribution in [0.25, 0.3) is 0 Å². The van der Waals surface area contributed by atoms with Crippen LogP contribution in [0.2, 0.25) is 0 Å². The zero-order valence-electron chi connectivity index (χ0n) is 12.4. The first kappa shape index (κ1) is 16.2. The highest BCUT2D eigenvalue weighted by atomic mass is 16.6. The van der Waals surface area contributed by atoms with Crippen molar-refractivity contribution in [2.75, 3.05) is 7.11 Å². The number of aryl methyl sites for hydroxylation is 1. The second-order valence-electron chi connectivity index (χ2n) is 4.52. The minimum absolute atomic E-state index is 0.158. The molecule has 0 aliphatic carbocycles. The number of para-hydroxylation sites is 1. The Labute approximate surface area is 130 Å². The Morgan fingerprint density at radius 3 is 2.57 bits per heavy atom. The van der Waals surface area contributed by atoms with Crippen molar-refractivity contribution in [3.63, 3.8) is 0 Å². The third-order valence-corrected chi connectivity index (χ3v) is 3.04. The molecule has 0 aliphatic heterocycles. The molecule has 0 unspecified atom stereocenters. The van der Waals surface area contributed by atoms with Gasteiger partial charge in [0.05, 0.1) is 12.0 Å². The molecule has 0 radical (unpaired) electrons. The van der Waals surface area contributed by atoms with Crippen LogP contribution in [0.1, 0.15) is 32.2 Å². The molecule has 0 atom stereocenters. The number of nitro groups is 1. The van der Waals surface area contributed by atoms with E-state index in [0.717, 1.165) is 0 Å². The van der Waals surface area contributed by atoms with Crippen LogP contribution < -0.4 is 0 Å². The van der Waals surface area contributed by atoms with Gasteiger partial charge in [0.1, 0.15) is 29.3 Å². The molecular weight excluding hydrogens is 306 g/mol. The van der Waals surface area contributed by atoms with Gasteiger partial charge in [-0.25, -0.2) is 9.59 Å². The Bertz CT molecular complexity index is 763. The summed E-state index contributed by atoms with van der Waals surface area (Å²) in [5.41, 5.74) is -0.276. The summed E-state index contributed by atoms with van der Waals surface area (Å²) in [6.07, 6.45) is 0. The number of hydrogen-bond acceptors (Lipinski definition) is 7. The van der Waals surface area contributed by atoms with Crippen LogP contribution >= 0.6 is 0 Å². The summed E-state index contributed by atoms with van der Waals surface area (Å²) in [5, 5.41) is 10.9. The van der Waals surface area contributed by atoms with Crippen LogP contribution in [0.15, 0.2) is 34.7 Å². The van der Waals surface area contributed by atoms with Gasteiger partial charge in [0.25, 0.3) is 5.69 Å².